The highest BCUT2D eigenvalue weighted by molar-refractivity contribution is 7.99. The van der Waals surface area contributed by atoms with Crippen LogP contribution in [0.5, 0.6) is 0 Å². The van der Waals surface area contributed by atoms with E-state index in [1.54, 1.807) is 23.9 Å². The van der Waals surface area contributed by atoms with Gasteiger partial charge in [-0.2, -0.15) is 13.2 Å². The SMILES string of the molecule is Cn1c(SCCCN2CC[C@]3(CC3c3ccc(C(F)(F)F)cc3)C2)nnc1C1CNC1. The van der Waals surface area contributed by atoms with Gasteiger partial charge in [0, 0.05) is 38.4 Å². The summed E-state index contributed by atoms with van der Waals surface area (Å²) in [5.74, 6) is 2.99. The zero-order valence-corrected chi connectivity index (χ0v) is 18.5. The van der Waals surface area contributed by atoms with Crippen LogP contribution in [-0.2, 0) is 13.2 Å². The highest BCUT2D eigenvalue weighted by Crippen LogP contribution is 2.64. The van der Waals surface area contributed by atoms with Crippen molar-refractivity contribution in [3.05, 3.63) is 41.2 Å². The van der Waals surface area contributed by atoms with E-state index in [-0.39, 0.29) is 5.41 Å². The number of aromatic nitrogens is 3. The van der Waals surface area contributed by atoms with E-state index in [0.29, 0.717) is 11.8 Å². The molecule has 3 aliphatic rings. The quantitative estimate of drug-likeness (QED) is 0.511. The summed E-state index contributed by atoms with van der Waals surface area (Å²) < 4.78 is 40.5. The number of likely N-dealkylation sites (tertiary alicyclic amines) is 1. The van der Waals surface area contributed by atoms with Gasteiger partial charge in [0.1, 0.15) is 5.82 Å². The Morgan fingerprint density at radius 2 is 1.97 bits per heavy atom. The van der Waals surface area contributed by atoms with Crippen LogP contribution in [0.2, 0.25) is 0 Å². The number of thioether (sulfide) groups is 1. The molecule has 2 atom stereocenters. The summed E-state index contributed by atoms with van der Waals surface area (Å²) in [5, 5.41) is 13.0. The van der Waals surface area contributed by atoms with Crippen LogP contribution in [-0.4, -0.2) is 58.1 Å². The first-order valence-corrected chi connectivity index (χ1v) is 12.0. The maximum atomic E-state index is 12.8. The van der Waals surface area contributed by atoms with E-state index < -0.39 is 11.7 Å². The molecule has 2 saturated heterocycles. The minimum Gasteiger partial charge on any atom is -0.315 e. The molecule has 1 saturated carbocycles. The average Bonchev–Trinajstić information content (AvgIpc) is 3.06. The first-order valence-electron chi connectivity index (χ1n) is 11.0. The van der Waals surface area contributed by atoms with Crippen LogP contribution in [0.4, 0.5) is 13.2 Å². The third-order valence-electron chi connectivity index (χ3n) is 7.16. The molecule has 0 amide bonds. The molecule has 1 N–H and O–H groups in total. The molecule has 2 aliphatic heterocycles. The number of benzene rings is 1. The second-order valence-electron chi connectivity index (χ2n) is 9.22. The van der Waals surface area contributed by atoms with Crippen molar-refractivity contribution in [2.75, 3.05) is 38.5 Å². The first-order chi connectivity index (χ1) is 14.9. The molecule has 1 aromatic heterocycles. The van der Waals surface area contributed by atoms with Gasteiger partial charge in [-0.15, -0.1) is 10.2 Å². The molecule has 1 aliphatic carbocycles. The van der Waals surface area contributed by atoms with E-state index in [1.165, 1.54) is 12.1 Å². The van der Waals surface area contributed by atoms with Crippen molar-refractivity contribution in [2.24, 2.45) is 12.5 Å². The molecule has 5 rings (SSSR count). The summed E-state index contributed by atoms with van der Waals surface area (Å²) in [6.45, 7) is 5.18. The smallest absolute Gasteiger partial charge is 0.315 e. The number of hydrogen-bond donors (Lipinski definition) is 1. The molecule has 1 unspecified atom stereocenters. The zero-order valence-electron chi connectivity index (χ0n) is 17.7. The highest BCUT2D eigenvalue weighted by Gasteiger charge is 2.57. The molecule has 0 bridgehead atoms. The predicted molar refractivity (Wildman–Crippen MR) is 114 cm³/mol. The minimum atomic E-state index is -4.26. The van der Waals surface area contributed by atoms with Crippen molar-refractivity contribution < 1.29 is 13.2 Å². The van der Waals surface area contributed by atoms with Crippen molar-refractivity contribution in [3.8, 4) is 0 Å². The van der Waals surface area contributed by atoms with E-state index in [0.717, 1.165) is 74.3 Å². The fourth-order valence-electron chi connectivity index (χ4n) is 5.08. The van der Waals surface area contributed by atoms with Crippen LogP contribution in [0.3, 0.4) is 0 Å². The van der Waals surface area contributed by atoms with E-state index in [1.807, 2.05) is 0 Å². The Morgan fingerprint density at radius 1 is 1.19 bits per heavy atom. The lowest BCUT2D eigenvalue weighted by molar-refractivity contribution is -0.137. The third kappa shape index (κ3) is 4.24. The summed E-state index contributed by atoms with van der Waals surface area (Å²) in [6, 6.07) is 5.81. The fourth-order valence-corrected chi connectivity index (χ4v) is 5.92. The minimum absolute atomic E-state index is 0.280. The predicted octanol–water partition coefficient (Wildman–Crippen LogP) is 3.88. The monoisotopic (exact) mass is 451 g/mol. The molecular weight excluding hydrogens is 423 g/mol. The molecule has 2 aromatic rings. The number of nitrogens with zero attached hydrogens (tertiary/aromatic N) is 4. The molecule has 3 heterocycles. The van der Waals surface area contributed by atoms with Crippen LogP contribution in [0.1, 0.15) is 48.0 Å². The standard InChI is InChI=1S/C22H28F3N5S/c1-29-19(16-12-26-13-16)27-28-20(29)31-10-2-8-30-9-7-21(14-30)11-18(21)15-3-5-17(6-4-15)22(23,24)25/h3-6,16,18,26H,2,7-14H2,1H3/t18?,21-/m0/s1. The Hall–Kier alpha value is -1.58. The lowest BCUT2D eigenvalue weighted by Crippen LogP contribution is -2.41. The summed E-state index contributed by atoms with van der Waals surface area (Å²) in [6.07, 6.45) is -0.920. The zero-order chi connectivity index (χ0) is 21.6. The van der Waals surface area contributed by atoms with Gasteiger partial charge in [-0.25, -0.2) is 0 Å². The van der Waals surface area contributed by atoms with Crippen molar-refractivity contribution >= 4 is 11.8 Å². The normalized spacial score (nSPS) is 26.5. The molecule has 9 heteroatoms. The van der Waals surface area contributed by atoms with Gasteiger partial charge in [0.2, 0.25) is 0 Å². The highest BCUT2D eigenvalue weighted by atomic mass is 32.2. The Bertz CT molecular complexity index is 924. The Kier molecular flexibility index (Phi) is 5.55. The largest absolute Gasteiger partial charge is 0.416 e. The molecule has 5 nitrogen and oxygen atoms in total. The Balaban J connectivity index is 1.07. The third-order valence-corrected chi connectivity index (χ3v) is 8.27. The fraction of sp³-hybridized carbons (Fsp3) is 0.636. The van der Waals surface area contributed by atoms with Crippen molar-refractivity contribution in [3.63, 3.8) is 0 Å². The summed E-state index contributed by atoms with van der Waals surface area (Å²) in [5.41, 5.74) is 0.781. The van der Waals surface area contributed by atoms with Crippen LogP contribution in [0.15, 0.2) is 29.4 Å². The summed E-state index contributed by atoms with van der Waals surface area (Å²) in [7, 11) is 2.05. The van der Waals surface area contributed by atoms with E-state index in [9.17, 15) is 13.2 Å². The lowest BCUT2D eigenvalue weighted by Gasteiger charge is -2.25. The van der Waals surface area contributed by atoms with Crippen LogP contribution in [0.25, 0.3) is 0 Å². The molecule has 168 valence electrons. The van der Waals surface area contributed by atoms with Gasteiger partial charge in [0.25, 0.3) is 0 Å². The second-order valence-corrected chi connectivity index (χ2v) is 10.3. The van der Waals surface area contributed by atoms with Gasteiger partial charge in [-0.3, -0.25) is 0 Å². The van der Waals surface area contributed by atoms with Gasteiger partial charge >= 0.3 is 6.18 Å². The van der Waals surface area contributed by atoms with Gasteiger partial charge in [0.15, 0.2) is 5.16 Å². The molecular formula is C22H28F3N5S. The van der Waals surface area contributed by atoms with Gasteiger partial charge < -0.3 is 14.8 Å². The first kappa shape index (κ1) is 21.3. The lowest BCUT2D eigenvalue weighted by atomic mass is 9.97. The number of halogens is 3. The van der Waals surface area contributed by atoms with Gasteiger partial charge in [-0.1, -0.05) is 23.9 Å². The van der Waals surface area contributed by atoms with Gasteiger partial charge in [0.05, 0.1) is 5.56 Å². The maximum absolute atomic E-state index is 12.8. The van der Waals surface area contributed by atoms with Crippen molar-refractivity contribution in [1.82, 2.24) is 25.0 Å². The number of rotatable bonds is 7. The Labute approximate surface area is 184 Å². The molecule has 1 aromatic carbocycles. The topological polar surface area (TPSA) is 46.0 Å². The number of hydrogen-bond acceptors (Lipinski definition) is 5. The number of alkyl halides is 3. The number of nitrogens with one attached hydrogen (secondary N) is 1. The van der Waals surface area contributed by atoms with Crippen molar-refractivity contribution in [1.29, 1.82) is 0 Å². The molecule has 1 spiro atoms. The van der Waals surface area contributed by atoms with Crippen LogP contribution >= 0.6 is 11.8 Å². The molecule has 31 heavy (non-hydrogen) atoms. The molecule has 3 fully saturated rings. The Morgan fingerprint density at radius 3 is 2.65 bits per heavy atom. The summed E-state index contributed by atoms with van der Waals surface area (Å²) in [4.78, 5) is 2.52. The molecule has 0 radical (unpaired) electrons. The average molecular weight is 452 g/mol. The van der Waals surface area contributed by atoms with Crippen LogP contribution < -0.4 is 5.32 Å². The summed E-state index contributed by atoms with van der Waals surface area (Å²) >= 11 is 1.77. The van der Waals surface area contributed by atoms with Crippen molar-refractivity contribution in [2.45, 2.75) is 42.4 Å². The van der Waals surface area contributed by atoms with E-state index in [2.05, 4.69) is 32.0 Å². The van der Waals surface area contributed by atoms with E-state index >= 15 is 0 Å². The van der Waals surface area contributed by atoms with E-state index in [4.69, 9.17) is 0 Å². The maximum Gasteiger partial charge on any atom is 0.416 e. The second kappa shape index (κ2) is 8.08. The van der Waals surface area contributed by atoms with Gasteiger partial charge in [-0.05, 0) is 61.4 Å². The van der Waals surface area contributed by atoms with Crippen LogP contribution in [0, 0.1) is 5.41 Å².